The number of esters is 1. The standard InChI is InChI=1S/C23H34O3/c1-15(25)26-18-8-11-23(3)17(14-18)4-6-19-20-7-5-16(10-13-24)22(20,2)12-9-21(19)23/h4,10,18-21,24H,5-9,11-14H2,1-3H3/b16-10+. The number of carbonyl (C=O) groups is 1. The van der Waals surface area contributed by atoms with Gasteiger partial charge < -0.3 is 9.84 Å². The zero-order valence-corrected chi connectivity index (χ0v) is 16.6. The normalized spacial score (nSPS) is 46.2. The summed E-state index contributed by atoms with van der Waals surface area (Å²) in [6.45, 7) is 6.66. The lowest BCUT2D eigenvalue weighted by atomic mass is 9.48. The predicted molar refractivity (Wildman–Crippen MR) is 102 cm³/mol. The van der Waals surface area contributed by atoms with E-state index >= 15 is 0 Å². The van der Waals surface area contributed by atoms with Crippen LogP contribution in [0.4, 0.5) is 0 Å². The van der Waals surface area contributed by atoms with Crippen LogP contribution < -0.4 is 0 Å². The first-order chi connectivity index (χ1) is 12.4. The lowest BCUT2D eigenvalue weighted by Crippen LogP contribution is -2.49. The molecule has 0 amide bonds. The third-order valence-corrected chi connectivity index (χ3v) is 8.58. The van der Waals surface area contributed by atoms with Gasteiger partial charge in [-0.15, -0.1) is 0 Å². The van der Waals surface area contributed by atoms with Crippen molar-refractivity contribution in [1.29, 1.82) is 0 Å². The van der Waals surface area contributed by atoms with Gasteiger partial charge in [-0.3, -0.25) is 4.79 Å². The molecule has 4 aliphatic rings. The van der Waals surface area contributed by atoms with Gasteiger partial charge in [0.2, 0.25) is 0 Å². The van der Waals surface area contributed by atoms with E-state index in [1.807, 2.05) is 0 Å². The van der Waals surface area contributed by atoms with Gasteiger partial charge in [-0.1, -0.05) is 37.1 Å². The Bertz CT molecular complexity index is 648. The number of ether oxygens (including phenoxy) is 1. The van der Waals surface area contributed by atoms with E-state index in [1.54, 1.807) is 5.57 Å². The van der Waals surface area contributed by atoms with Gasteiger partial charge in [-0.2, -0.15) is 0 Å². The topological polar surface area (TPSA) is 46.5 Å². The summed E-state index contributed by atoms with van der Waals surface area (Å²) in [6.07, 6.45) is 14.0. The number of allylic oxidation sites excluding steroid dienone is 2. The minimum absolute atomic E-state index is 0.0859. The molecule has 0 aliphatic heterocycles. The molecule has 0 radical (unpaired) electrons. The summed E-state index contributed by atoms with van der Waals surface area (Å²) < 4.78 is 5.54. The molecular weight excluding hydrogens is 324 g/mol. The second-order valence-corrected chi connectivity index (χ2v) is 9.64. The Morgan fingerprint density at radius 1 is 1.23 bits per heavy atom. The van der Waals surface area contributed by atoms with Crippen molar-refractivity contribution in [3.8, 4) is 0 Å². The van der Waals surface area contributed by atoms with Gasteiger partial charge in [0.1, 0.15) is 6.10 Å². The van der Waals surface area contributed by atoms with Crippen LogP contribution in [0.15, 0.2) is 23.3 Å². The molecule has 0 aromatic heterocycles. The molecule has 0 aromatic rings. The average molecular weight is 359 g/mol. The Kier molecular flexibility index (Phi) is 4.58. The molecule has 0 saturated heterocycles. The van der Waals surface area contributed by atoms with Gasteiger partial charge in [-0.05, 0) is 73.5 Å². The molecule has 3 nitrogen and oxygen atoms in total. The molecule has 0 spiro atoms. The van der Waals surface area contributed by atoms with E-state index in [9.17, 15) is 9.90 Å². The number of fused-ring (bicyclic) bond motifs is 5. The van der Waals surface area contributed by atoms with Crippen molar-refractivity contribution in [2.24, 2.45) is 28.6 Å². The Labute approximate surface area is 157 Å². The minimum Gasteiger partial charge on any atom is -0.462 e. The number of hydrogen-bond donors (Lipinski definition) is 1. The first-order valence-corrected chi connectivity index (χ1v) is 10.6. The molecule has 0 aromatic carbocycles. The summed E-state index contributed by atoms with van der Waals surface area (Å²) >= 11 is 0. The van der Waals surface area contributed by atoms with Crippen LogP contribution in [0.1, 0.15) is 72.1 Å². The van der Waals surface area contributed by atoms with Crippen molar-refractivity contribution < 1.29 is 14.6 Å². The van der Waals surface area contributed by atoms with E-state index in [-0.39, 0.29) is 18.7 Å². The molecule has 4 rings (SSSR count). The lowest BCUT2D eigenvalue weighted by molar-refractivity contribution is -0.148. The fourth-order valence-electron chi connectivity index (χ4n) is 7.26. The van der Waals surface area contributed by atoms with Crippen LogP contribution in [0.3, 0.4) is 0 Å². The molecule has 3 fully saturated rings. The van der Waals surface area contributed by atoms with Crippen LogP contribution in [0.25, 0.3) is 0 Å². The highest BCUT2D eigenvalue weighted by Crippen LogP contribution is 2.66. The SMILES string of the molecule is CC(=O)OC1CCC2(C)C(=CCC3C2CCC2(C)/C(=C/CO)CCC32)C1. The van der Waals surface area contributed by atoms with Crippen molar-refractivity contribution in [1.82, 2.24) is 0 Å². The van der Waals surface area contributed by atoms with Gasteiger partial charge in [0, 0.05) is 13.3 Å². The minimum atomic E-state index is -0.143. The first-order valence-electron chi connectivity index (χ1n) is 10.6. The Hall–Kier alpha value is -1.09. The summed E-state index contributed by atoms with van der Waals surface area (Å²) in [5, 5.41) is 9.42. The van der Waals surface area contributed by atoms with E-state index in [0.29, 0.717) is 10.8 Å². The molecule has 4 aliphatic carbocycles. The highest BCUT2D eigenvalue weighted by Gasteiger charge is 2.57. The third-order valence-electron chi connectivity index (χ3n) is 8.58. The lowest BCUT2D eigenvalue weighted by Gasteiger charge is -2.57. The maximum absolute atomic E-state index is 11.4. The molecule has 0 heterocycles. The van der Waals surface area contributed by atoms with Crippen molar-refractivity contribution >= 4 is 5.97 Å². The quantitative estimate of drug-likeness (QED) is 0.570. The summed E-state index contributed by atoms with van der Waals surface area (Å²) in [5.74, 6) is 2.17. The van der Waals surface area contributed by atoms with Crippen LogP contribution in [0.5, 0.6) is 0 Å². The largest absolute Gasteiger partial charge is 0.462 e. The highest BCUT2D eigenvalue weighted by atomic mass is 16.5. The van der Waals surface area contributed by atoms with Gasteiger partial charge >= 0.3 is 5.97 Å². The smallest absolute Gasteiger partial charge is 0.302 e. The van der Waals surface area contributed by atoms with E-state index in [1.165, 1.54) is 44.6 Å². The van der Waals surface area contributed by atoms with Crippen LogP contribution in [-0.2, 0) is 9.53 Å². The number of carbonyl (C=O) groups excluding carboxylic acids is 1. The Morgan fingerprint density at radius 2 is 1.96 bits per heavy atom. The van der Waals surface area contributed by atoms with Crippen LogP contribution in [-0.4, -0.2) is 23.8 Å². The fourth-order valence-corrected chi connectivity index (χ4v) is 7.26. The van der Waals surface area contributed by atoms with Gasteiger partial charge in [0.25, 0.3) is 0 Å². The van der Waals surface area contributed by atoms with Crippen molar-refractivity contribution in [2.45, 2.75) is 78.2 Å². The molecule has 6 unspecified atom stereocenters. The second kappa shape index (κ2) is 6.51. The molecule has 26 heavy (non-hydrogen) atoms. The summed E-state index contributed by atoms with van der Waals surface area (Å²) in [5.41, 5.74) is 3.68. The maximum Gasteiger partial charge on any atom is 0.302 e. The van der Waals surface area contributed by atoms with Gasteiger partial charge in [0.05, 0.1) is 6.61 Å². The monoisotopic (exact) mass is 358 g/mol. The van der Waals surface area contributed by atoms with Gasteiger partial charge in [-0.25, -0.2) is 0 Å². The van der Waals surface area contributed by atoms with Crippen LogP contribution in [0.2, 0.25) is 0 Å². The van der Waals surface area contributed by atoms with E-state index < -0.39 is 0 Å². The molecule has 6 atom stereocenters. The van der Waals surface area contributed by atoms with Crippen molar-refractivity contribution in [2.75, 3.05) is 6.61 Å². The van der Waals surface area contributed by atoms with Crippen LogP contribution in [0, 0.1) is 28.6 Å². The molecule has 3 saturated carbocycles. The van der Waals surface area contributed by atoms with Gasteiger partial charge in [0.15, 0.2) is 0 Å². The molecule has 1 N–H and O–H groups in total. The molecule has 0 bridgehead atoms. The maximum atomic E-state index is 11.4. The number of hydrogen-bond acceptors (Lipinski definition) is 3. The fraction of sp³-hybridized carbons (Fsp3) is 0.783. The Morgan fingerprint density at radius 3 is 2.69 bits per heavy atom. The predicted octanol–water partition coefficient (Wildman–Crippen LogP) is 4.80. The van der Waals surface area contributed by atoms with E-state index in [0.717, 1.165) is 37.0 Å². The first kappa shape index (κ1) is 18.3. The second-order valence-electron chi connectivity index (χ2n) is 9.64. The van der Waals surface area contributed by atoms with Crippen LogP contribution >= 0.6 is 0 Å². The summed E-state index contributed by atoms with van der Waals surface area (Å²) in [7, 11) is 0. The summed E-state index contributed by atoms with van der Waals surface area (Å²) in [4.78, 5) is 11.4. The zero-order valence-electron chi connectivity index (χ0n) is 16.6. The average Bonchev–Trinajstić information content (AvgIpc) is 2.92. The third kappa shape index (κ3) is 2.69. The molecular formula is C23H34O3. The number of rotatable bonds is 2. The van der Waals surface area contributed by atoms with Crippen molar-refractivity contribution in [3.63, 3.8) is 0 Å². The van der Waals surface area contributed by atoms with E-state index in [2.05, 4.69) is 26.0 Å². The zero-order chi connectivity index (χ0) is 18.5. The summed E-state index contributed by atoms with van der Waals surface area (Å²) in [6, 6.07) is 0. The highest BCUT2D eigenvalue weighted by molar-refractivity contribution is 5.66. The Balaban J connectivity index is 1.59. The number of aliphatic hydroxyl groups excluding tert-OH is 1. The molecule has 3 heteroatoms. The van der Waals surface area contributed by atoms with Crippen molar-refractivity contribution in [3.05, 3.63) is 23.3 Å². The number of aliphatic hydroxyl groups is 1. The van der Waals surface area contributed by atoms with E-state index in [4.69, 9.17) is 4.74 Å². The molecule has 144 valence electrons.